The standard InChI is InChI=1S/C15H26N4O5/c1-8(2)12(18-11(20)7-16)13(21)17-9(3)14(22)19-6-4-5-10(19)15(23)24/h8-10,12H,4-7,16H2,1-3H3,(H,17,21)(H,18,20)(H,23,24). The van der Waals surface area contributed by atoms with Gasteiger partial charge in [-0.25, -0.2) is 4.79 Å². The molecule has 24 heavy (non-hydrogen) atoms. The number of carbonyl (C=O) groups excluding carboxylic acids is 3. The minimum atomic E-state index is -1.05. The summed E-state index contributed by atoms with van der Waals surface area (Å²) < 4.78 is 0. The van der Waals surface area contributed by atoms with Gasteiger partial charge in [-0.05, 0) is 25.7 Å². The van der Waals surface area contributed by atoms with E-state index in [0.717, 1.165) is 0 Å². The van der Waals surface area contributed by atoms with Crippen LogP contribution in [-0.4, -0.2) is 64.9 Å². The smallest absolute Gasteiger partial charge is 0.326 e. The predicted molar refractivity (Wildman–Crippen MR) is 85.8 cm³/mol. The van der Waals surface area contributed by atoms with E-state index in [9.17, 15) is 19.2 Å². The summed E-state index contributed by atoms with van der Waals surface area (Å²) in [6.45, 7) is 5.13. The van der Waals surface area contributed by atoms with Crippen LogP contribution in [0.4, 0.5) is 0 Å². The molecule has 0 aromatic rings. The van der Waals surface area contributed by atoms with Gasteiger partial charge in [0.05, 0.1) is 6.54 Å². The van der Waals surface area contributed by atoms with E-state index in [0.29, 0.717) is 19.4 Å². The van der Waals surface area contributed by atoms with Crippen LogP contribution < -0.4 is 16.4 Å². The quantitative estimate of drug-likeness (QED) is 0.451. The van der Waals surface area contributed by atoms with E-state index in [4.69, 9.17) is 10.8 Å². The summed E-state index contributed by atoms with van der Waals surface area (Å²) >= 11 is 0. The first-order chi connectivity index (χ1) is 11.2. The number of nitrogens with one attached hydrogen (secondary N) is 2. The van der Waals surface area contributed by atoms with E-state index in [-0.39, 0.29) is 12.5 Å². The lowest BCUT2D eigenvalue weighted by Gasteiger charge is -2.27. The largest absolute Gasteiger partial charge is 0.480 e. The zero-order valence-electron chi connectivity index (χ0n) is 14.2. The molecule has 1 aliphatic heterocycles. The summed E-state index contributed by atoms with van der Waals surface area (Å²) in [6, 6.07) is -2.55. The van der Waals surface area contributed by atoms with Gasteiger partial charge in [-0.1, -0.05) is 13.8 Å². The first-order valence-electron chi connectivity index (χ1n) is 8.02. The van der Waals surface area contributed by atoms with Gasteiger partial charge in [0.2, 0.25) is 17.7 Å². The van der Waals surface area contributed by atoms with Crippen LogP contribution in [-0.2, 0) is 19.2 Å². The Morgan fingerprint density at radius 2 is 1.83 bits per heavy atom. The molecule has 0 spiro atoms. The molecule has 5 N–H and O–H groups in total. The SMILES string of the molecule is CC(NC(=O)C(NC(=O)CN)C(C)C)C(=O)N1CCCC1C(=O)O. The number of nitrogens with two attached hydrogens (primary N) is 1. The van der Waals surface area contributed by atoms with Crippen molar-refractivity contribution in [1.29, 1.82) is 0 Å². The van der Waals surface area contributed by atoms with Gasteiger partial charge in [0.15, 0.2) is 0 Å². The van der Waals surface area contributed by atoms with Crippen LogP contribution in [0.5, 0.6) is 0 Å². The summed E-state index contributed by atoms with van der Waals surface area (Å²) in [5.41, 5.74) is 5.24. The van der Waals surface area contributed by atoms with Crippen LogP contribution >= 0.6 is 0 Å². The number of amides is 3. The van der Waals surface area contributed by atoms with Gasteiger partial charge in [0.1, 0.15) is 18.1 Å². The molecule has 0 aromatic heterocycles. The van der Waals surface area contributed by atoms with Crippen molar-refractivity contribution in [2.24, 2.45) is 11.7 Å². The van der Waals surface area contributed by atoms with Crippen molar-refractivity contribution in [3.8, 4) is 0 Å². The van der Waals surface area contributed by atoms with Crippen molar-refractivity contribution in [1.82, 2.24) is 15.5 Å². The number of carboxylic acids is 1. The average Bonchev–Trinajstić information content (AvgIpc) is 3.00. The monoisotopic (exact) mass is 342 g/mol. The van der Waals surface area contributed by atoms with E-state index in [2.05, 4.69) is 10.6 Å². The van der Waals surface area contributed by atoms with Crippen LogP contribution in [0.15, 0.2) is 0 Å². The van der Waals surface area contributed by atoms with Crippen molar-refractivity contribution in [2.45, 2.75) is 51.7 Å². The Labute approximate surface area is 140 Å². The molecule has 9 nitrogen and oxygen atoms in total. The van der Waals surface area contributed by atoms with Gasteiger partial charge >= 0.3 is 5.97 Å². The number of rotatable bonds is 7. The molecule has 9 heteroatoms. The summed E-state index contributed by atoms with van der Waals surface area (Å²) in [5, 5.41) is 14.2. The third-order valence-corrected chi connectivity index (χ3v) is 4.00. The third kappa shape index (κ3) is 4.92. The highest BCUT2D eigenvalue weighted by atomic mass is 16.4. The van der Waals surface area contributed by atoms with Crippen molar-refractivity contribution in [3.63, 3.8) is 0 Å². The van der Waals surface area contributed by atoms with Crippen molar-refractivity contribution in [3.05, 3.63) is 0 Å². The normalized spacial score (nSPS) is 19.7. The minimum absolute atomic E-state index is 0.193. The van der Waals surface area contributed by atoms with E-state index >= 15 is 0 Å². The first-order valence-corrected chi connectivity index (χ1v) is 8.02. The maximum Gasteiger partial charge on any atom is 0.326 e. The zero-order valence-corrected chi connectivity index (χ0v) is 14.2. The highest BCUT2D eigenvalue weighted by Crippen LogP contribution is 2.18. The van der Waals surface area contributed by atoms with Gasteiger partial charge in [-0.2, -0.15) is 0 Å². The van der Waals surface area contributed by atoms with E-state index in [1.165, 1.54) is 11.8 Å². The van der Waals surface area contributed by atoms with Gasteiger partial charge in [0, 0.05) is 6.54 Å². The fourth-order valence-corrected chi connectivity index (χ4v) is 2.67. The van der Waals surface area contributed by atoms with Crippen LogP contribution in [0.1, 0.15) is 33.6 Å². The number of carbonyl (C=O) groups is 4. The Balaban J connectivity index is 2.72. The van der Waals surface area contributed by atoms with E-state index < -0.39 is 41.8 Å². The molecular weight excluding hydrogens is 316 g/mol. The number of likely N-dealkylation sites (tertiary alicyclic amines) is 1. The molecule has 136 valence electrons. The summed E-state index contributed by atoms with van der Waals surface area (Å²) in [4.78, 5) is 48.6. The van der Waals surface area contributed by atoms with Gasteiger partial charge in [-0.15, -0.1) is 0 Å². The van der Waals surface area contributed by atoms with E-state index in [1.807, 2.05) is 0 Å². The molecule has 1 aliphatic rings. The second-order valence-electron chi connectivity index (χ2n) is 6.25. The molecule has 0 aromatic carbocycles. The van der Waals surface area contributed by atoms with Gasteiger partial charge in [0.25, 0.3) is 0 Å². The maximum absolute atomic E-state index is 12.4. The molecule has 1 rings (SSSR count). The van der Waals surface area contributed by atoms with Gasteiger partial charge in [-0.3, -0.25) is 14.4 Å². The van der Waals surface area contributed by atoms with Crippen LogP contribution in [0, 0.1) is 5.92 Å². The van der Waals surface area contributed by atoms with E-state index in [1.54, 1.807) is 13.8 Å². The van der Waals surface area contributed by atoms with Crippen molar-refractivity contribution >= 4 is 23.7 Å². The highest BCUT2D eigenvalue weighted by Gasteiger charge is 2.37. The Bertz CT molecular complexity index is 508. The molecule has 3 unspecified atom stereocenters. The number of aliphatic carboxylic acids is 1. The number of hydrogen-bond acceptors (Lipinski definition) is 5. The summed E-state index contributed by atoms with van der Waals surface area (Å²) in [6.07, 6.45) is 1.02. The van der Waals surface area contributed by atoms with Crippen molar-refractivity contribution in [2.75, 3.05) is 13.1 Å². The molecule has 0 aliphatic carbocycles. The predicted octanol–water partition coefficient (Wildman–Crippen LogP) is -1.33. The number of nitrogens with zero attached hydrogens (tertiary/aromatic N) is 1. The summed E-state index contributed by atoms with van der Waals surface area (Å²) in [5.74, 6) is -2.65. The lowest BCUT2D eigenvalue weighted by molar-refractivity contribution is -0.149. The third-order valence-electron chi connectivity index (χ3n) is 4.00. The minimum Gasteiger partial charge on any atom is -0.480 e. The Morgan fingerprint density at radius 3 is 2.33 bits per heavy atom. The molecule has 1 saturated heterocycles. The topological polar surface area (TPSA) is 142 Å². The van der Waals surface area contributed by atoms with Gasteiger partial charge < -0.3 is 26.4 Å². The molecule has 1 fully saturated rings. The molecule has 3 amide bonds. The second-order valence-corrected chi connectivity index (χ2v) is 6.25. The lowest BCUT2D eigenvalue weighted by Crippen LogP contribution is -2.56. The zero-order chi connectivity index (χ0) is 18.4. The van der Waals surface area contributed by atoms with Crippen LogP contribution in [0.25, 0.3) is 0 Å². The van der Waals surface area contributed by atoms with Crippen LogP contribution in [0.2, 0.25) is 0 Å². The van der Waals surface area contributed by atoms with Crippen LogP contribution in [0.3, 0.4) is 0 Å². The first kappa shape index (κ1) is 19.9. The number of hydrogen-bond donors (Lipinski definition) is 4. The molecule has 0 saturated carbocycles. The molecule has 0 radical (unpaired) electrons. The lowest BCUT2D eigenvalue weighted by atomic mass is 10.0. The average molecular weight is 342 g/mol. The molecular formula is C15H26N4O5. The van der Waals surface area contributed by atoms with Crippen molar-refractivity contribution < 1.29 is 24.3 Å². The Morgan fingerprint density at radius 1 is 1.21 bits per heavy atom. The maximum atomic E-state index is 12.4. The second kappa shape index (κ2) is 8.62. The Kier molecular flexibility index (Phi) is 7.15. The molecule has 1 heterocycles. The molecule has 0 bridgehead atoms. The summed E-state index contributed by atoms with van der Waals surface area (Å²) in [7, 11) is 0. The fraction of sp³-hybridized carbons (Fsp3) is 0.733. The highest BCUT2D eigenvalue weighted by molar-refractivity contribution is 5.93. The Hall–Kier alpha value is -2.16. The fourth-order valence-electron chi connectivity index (χ4n) is 2.67. The number of carboxylic acid groups (broad SMARTS) is 1. The molecule has 3 atom stereocenters.